The maximum atomic E-state index is 11.2. The zero-order valence-corrected chi connectivity index (χ0v) is 12.1. The number of benzene rings is 2. The highest BCUT2D eigenvalue weighted by Gasteiger charge is 2.09. The molecule has 0 aliphatic heterocycles. The maximum Gasteiger partial charge on any atom is 0.248 e. The number of carbonyl (C=O) groups excluding carboxylic acids is 1. The van der Waals surface area contributed by atoms with Crippen molar-refractivity contribution in [1.29, 1.82) is 0 Å². The molecule has 1 amide bonds. The van der Waals surface area contributed by atoms with Crippen LogP contribution >= 0.6 is 0 Å². The second-order valence-corrected chi connectivity index (χ2v) is 5.17. The van der Waals surface area contributed by atoms with Crippen LogP contribution in [0.25, 0.3) is 0 Å². The van der Waals surface area contributed by atoms with E-state index in [1.165, 1.54) is 16.7 Å². The summed E-state index contributed by atoms with van der Waals surface area (Å²) in [4.78, 5) is 11.2. The lowest BCUT2D eigenvalue weighted by molar-refractivity contribution is 0.100. The minimum absolute atomic E-state index is 0.165. The smallest absolute Gasteiger partial charge is 0.248 e. The van der Waals surface area contributed by atoms with Gasteiger partial charge in [0.25, 0.3) is 0 Å². The molecule has 0 aliphatic rings. The van der Waals surface area contributed by atoms with Crippen LogP contribution in [0, 0.1) is 13.8 Å². The monoisotopic (exact) mass is 268 g/mol. The summed E-state index contributed by atoms with van der Waals surface area (Å²) in [6, 6.07) is 13.9. The van der Waals surface area contributed by atoms with Crippen LogP contribution in [-0.4, -0.2) is 5.91 Å². The van der Waals surface area contributed by atoms with Gasteiger partial charge in [0.2, 0.25) is 5.91 Å². The Bertz CT molecular complexity index is 635. The number of anilines is 1. The van der Waals surface area contributed by atoms with Gasteiger partial charge in [-0.3, -0.25) is 4.79 Å². The van der Waals surface area contributed by atoms with Crippen molar-refractivity contribution in [2.75, 3.05) is 5.32 Å². The molecular weight excluding hydrogens is 248 g/mol. The molecule has 0 radical (unpaired) electrons. The lowest BCUT2D eigenvalue weighted by Gasteiger charge is -2.19. The Hall–Kier alpha value is -2.29. The van der Waals surface area contributed by atoms with Crippen LogP contribution in [0.1, 0.15) is 40.0 Å². The summed E-state index contributed by atoms with van der Waals surface area (Å²) in [6.45, 7) is 6.30. The van der Waals surface area contributed by atoms with Crippen LogP contribution in [0.15, 0.2) is 42.5 Å². The van der Waals surface area contributed by atoms with E-state index in [9.17, 15) is 4.79 Å². The quantitative estimate of drug-likeness (QED) is 0.890. The summed E-state index contributed by atoms with van der Waals surface area (Å²) >= 11 is 0. The van der Waals surface area contributed by atoms with Crippen molar-refractivity contribution < 1.29 is 4.79 Å². The highest BCUT2D eigenvalue weighted by molar-refractivity contribution is 5.93. The first-order chi connectivity index (χ1) is 9.47. The van der Waals surface area contributed by atoms with E-state index in [-0.39, 0.29) is 6.04 Å². The summed E-state index contributed by atoms with van der Waals surface area (Å²) in [5, 5.41) is 3.41. The van der Waals surface area contributed by atoms with Gasteiger partial charge in [0, 0.05) is 17.3 Å². The van der Waals surface area contributed by atoms with Crippen molar-refractivity contribution in [2.45, 2.75) is 26.8 Å². The molecule has 0 fully saturated rings. The Morgan fingerprint density at radius 1 is 1.15 bits per heavy atom. The molecule has 0 aromatic heterocycles. The Labute approximate surface area is 119 Å². The third kappa shape index (κ3) is 3.18. The largest absolute Gasteiger partial charge is 0.378 e. The molecule has 0 saturated carbocycles. The first kappa shape index (κ1) is 14.1. The summed E-state index contributed by atoms with van der Waals surface area (Å²) in [5.74, 6) is -0.409. The van der Waals surface area contributed by atoms with Crippen LogP contribution < -0.4 is 11.1 Å². The summed E-state index contributed by atoms with van der Waals surface area (Å²) < 4.78 is 0. The molecule has 0 spiro atoms. The molecule has 2 aromatic carbocycles. The molecule has 1 unspecified atom stereocenters. The molecule has 1 atom stereocenters. The predicted octanol–water partition coefficient (Wildman–Crippen LogP) is 3.58. The van der Waals surface area contributed by atoms with Crippen LogP contribution in [0.4, 0.5) is 5.69 Å². The second kappa shape index (κ2) is 5.78. The SMILES string of the molecule is Cc1ccc(C)c(C(C)Nc2cccc(C(N)=O)c2)c1. The number of nitrogens with one attached hydrogen (secondary N) is 1. The van der Waals surface area contributed by atoms with E-state index in [1.807, 2.05) is 12.1 Å². The number of amides is 1. The first-order valence-corrected chi connectivity index (χ1v) is 6.71. The van der Waals surface area contributed by atoms with Gasteiger partial charge in [-0.25, -0.2) is 0 Å². The molecular formula is C17H20N2O. The Morgan fingerprint density at radius 2 is 1.90 bits per heavy atom. The normalized spacial score (nSPS) is 11.9. The zero-order chi connectivity index (χ0) is 14.7. The third-order valence-corrected chi connectivity index (χ3v) is 3.43. The first-order valence-electron chi connectivity index (χ1n) is 6.71. The van der Waals surface area contributed by atoms with Crippen LogP contribution in [0.3, 0.4) is 0 Å². The molecule has 0 saturated heterocycles. The fourth-order valence-electron chi connectivity index (χ4n) is 2.32. The average molecular weight is 268 g/mol. The molecule has 0 aliphatic carbocycles. The van der Waals surface area contributed by atoms with Gasteiger partial charge in [-0.1, -0.05) is 29.8 Å². The fourth-order valence-corrected chi connectivity index (χ4v) is 2.32. The topological polar surface area (TPSA) is 55.1 Å². The van der Waals surface area contributed by atoms with E-state index in [0.29, 0.717) is 5.56 Å². The van der Waals surface area contributed by atoms with Gasteiger partial charge in [0.05, 0.1) is 0 Å². The lowest BCUT2D eigenvalue weighted by atomic mass is 9.99. The standard InChI is InChI=1S/C17H20N2O/c1-11-7-8-12(2)16(9-11)13(3)19-15-6-4-5-14(10-15)17(18)20/h4-10,13,19H,1-3H3,(H2,18,20). The number of carbonyl (C=O) groups is 1. The predicted molar refractivity (Wildman–Crippen MR) is 82.9 cm³/mol. The van der Waals surface area contributed by atoms with E-state index in [4.69, 9.17) is 5.73 Å². The van der Waals surface area contributed by atoms with Crippen LogP contribution in [-0.2, 0) is 0 Å². The fraction of sp³-hybridized carbons (Fsp3) is 0.235. The van der Waals surface area contributed by atoms with Gasteiger partial charge in [-0.15, -0.1) is 0 Å². The molecule has 104 valence electrons. The highest BCUT2D eigenvalue weighted by Crippen LogP contribution is 2.23. The van der Waals surface area contributed by atoms with Gasteiger partial charge in [-0.2, -0.15) is 0 Å². The molecule has 2 aromatic rings. The van der Waals surface area contributed by atoms with Gasteiger partial charge in [0.1, 0.15) is 0 Å². The maximum absolute atomic E-state index is 11.2. The molecule has 3 N–H and O–H groups in total. The summed E-state index contributed by atoms with van der Waals surface area (Å²) in [6.07, 6.45) is 0. The molecule has 3 nitrogen and oxygen atoms in total. The third-order valence-electron chi connectivity index (χ3n) is 3.43. The van der Waals surface area contributed by atoms with E-state index >= 15 is 0 Å². The van der Waals surface area contributed by atoms with Crippen molar-refractivity contribution in [3.8, 4) is 0 Å². The molecule has 20 heavy (non-hydrogen) atoms. The minimum atomic E-state index is -0.409. The summed E-state index contributed by atoms with van der Waals surface area (Å²) in [5.41, 5.74) is 10.5. The van der Waals surface area contributed by atoms with Gasteiger partial charge < -0.3 is 11.1 Å². The molecule has 2 rings (SSSR count). The van der Waals surface area contributed by atoms with Gasteiger partial charge >= 0.3 is 0 Å². The van der Waals surface area contributed by atoms with Crippen molar-refractivity contribution >= 4 is 11.6 Å². The zero-order valence-electron chi connectivity index (χ0n) is 12.1. The number of hydrogen-bond acceptors (Lipinski definition) is 2. The van der Waals surface area contributed by atoms with E-state index in [1.54, 1.807) is 12.1 Å². The van der Waals surface area contributed by atoms with Crippen molar-refractivity contribution in [1.82, 2.24) is 0 Å². The van der Waals surface area contributed by atoms with Crippen LogP contribution in [0.2, 0.25) is 0 Å². The van der Waals surface area contributed by atoms with Gasteiger partial charge in [-0.05, 0) is 50.1 Å². The minimum Gasteiger partial charge on any atom is -0.378 e. The molecule has 0 heterocycles. The number of primary amides is 1. The van der Waals surface area contributed by atoms with Crippen molar-refractivity contribution in [3.63, 3.8) is 0 Å². The van der Waals surface area contributed by atoms with E-state index in [2.05, 4.69) is 44.3 Å². The Morgan fingerprint density at radius 3 is 2.60 bits per heavy atom. The number of aryl methyl sites for hydroxylation is 2. The molecule has 0 bridgehead atoms. The lowest BCUT2D eigenvalue weighted by Crippen LogP contribution is -2.12. The Balaban J connectivity index is 2.23. The van der Waals surface area contributed by atoms with Crippen LogP contribution in [0.5, 0.6) is 0 Å². The number of hydrogen-bond donors (Lipinski definition) is 2. The van der Waals surface area contributed by atoms with E-state index in [0.717, 1.165) is 5.69 Å². The summed E-state index contributed by atoms with van der Waals surface area (Å²) in [7, 11) is 0. The molecule has 3 heteroatoms. The highest BCUT2D eigenvalue weighted by atomic mass is 16.1. The second-order valence-electron chi connectivity index (χ2n) is 5.17. The van der Waals surface area contributed by atoms with E-state index < -0.39 is 5.91 Å². The number of nitrogens with two attached hydrogens (primary N) is 1. The van der Waals surface area contributed by atoms with Crippen molar-refractivity contribution in [2.24, 2.45) is 5.73 Å². The Kier molecular flexibility index (Phi) is 4.08. The number of rotatable bonds is 4. The van der Waals surface area contributed by atoms with Gasteiger partial charge in [0.15, 0.2) is 0 Å². The average Bonchev–Trinajstić information content (AvgIpc) is 2.41. The van der Waals surface area contributed by atoms with Crippen molar-refractivity contribution in [3.05, 3.63) is 64.7 Å².